The maximum absolute atomic E-state index is 5.95. The van der Waals surface area contributed by atoms with Crippen LogP contribution in [0.3, 0.4) is 0 Å². The first-order valence-electron chi connectivity index (χ1n) is 8.06. The predicted octanol–water partition coefficient (Wildman–Crippen LogP) is 5.14. The van der Waals surface area contributed by atoms with Crippen molar-refractivity contribution in [1.82, 2.24) is 5.32 Å². The second kappa shape index (κ2) is 5.69. The number of benzene rings is 1. The zero-order valence-electron chi connectivity index (χ0n) is 12.7. The number of halogens is 1. The Morgan fingerprint density at radius 1 is 1.10 bits per heavy atom. The van der Waals surface area contributed by atoms with Gasteiger partial charge < -0.3 is 5.32 Å². The highest BCUT2D eigenvalue weighted by Gasteiger charge is 2.37. The van der Waals surface area contributed by atoms with Crippen LogP contribution in [0.2, 0.25) is 5.02 Å². The van der Waals surface area contributed by atoms with Gasteiger partial charge in [-0.15, -0.1) is 0 Å². The Bertz CT molecular complexity index is 445. The van der Waals surface area contributed by atoms with Gasteiger partial charge in [0.1, 0.15) is 0 Å². The molecule has 0 aliphatic heterocycles. The topological polar surface area (TPSA) is 12.0 Å². The summed E-state index contributed by atoms with van der Waals surface area (Å²) in [6.07, 6.45) is 8.10. The van der Waals surface area contributed by atoms with Crippen LogP contribution in [0.15, 0.2) is 24.3 Å². The van der Waals surface area contributed by atoms with E-state index in [0.717, 1.165) is 17.0 Å². The van der Waals surface area contributed by atoms with Crippen LogP contribution < -0.4 is 5.32 Å². The zero-order chi connectivity index (χ0) is 14.2. The van der Waals surface area contributed by atoms with Crippen molar-refractivity contribution < 1.29 is 0 Å². The quantitative estimate of drug-likeness (QED) is 0.812. The molecule has 0 heterocycles. The number of nitrogens with one attached hydrogen (secondary N) is 1. The van der Waals surface area contributed by atoms with Crippen molar-refractivity contribution in [2.45, 2.75) is 70.4 Å². The minimum Gasteiger partial charge on any atom is -0.311 e. The fraction of sp³-hybridized carbons (Fsp3) is 0.667. The lowest BCUT2D eigenvalue weighted by Gasteiger charge is -2.45. The van der Waals surface area contributed by atoms with Crippen molar-refractivity contribution in [2.24, 2.45) is 5.41 Å². The fourth-order valence-corrected chi connectivity index (χ4v) is 3.97. The molecule has 1 nitrogen and oxygen atoms in total. The van der Waals surface area contributed by atoms with Crippen LogP contribution in [0, 0.1) is 5.41 Å². The summed E-state index contributed by atoms with van der Waals surface area (Å²) in [5, 5.41) is 4.77. The molecule has 0 spiro atoms. The average Bonchev–Trinajstić information content (AvgIpc) is 2.36. The van der Waals surface area contributed by atoms with Crippen LogP contribution in [0.1, 0.15) is 63.9 Å². The molecule has 1 aromatic rings. The molecule has 1 aromatic carbocycles. The Hall–Kier alpha value is -0.530. The van der Waals surface area contributed by atoms with Crippen LogP contribution in [-0.4, -0.2) is 12.1 Å². The van der Waals surface area contributed by atoms with Gasteiger partial charge in [-0.05, 0) is 54.7 Å². The molecular formula is C18H26ClN. The molecule has 2 aliphatic rings. The Kier molecular flexibility index (Phi) is 4.10. The van der Waals surface area contributed by atoms with Crippen molar-refractivity contribution in [3.8, 4) is 0 Å². The molecule has 20 heavy (non-hydrogen) atoms. The summed E-state index contributed by atoms with van der Waals surface area (Å²) in [6.45, 7) is 4.86. The van der Waals surface area contributed by atoms with Gasteiger partial charge in [0.2, 0.25) is 0 Å². The molecule has 2 heteroatoms. The Labute approximate surface area is 128 Å². The third kappa shape index (κ3) is 3.04. The molecular weight excluding hydrogens is 266 g/mol. The fourth-order valence-electron chi connectivity index (χ4n) is 3.85. The van der Waals surface area contributed by atoms with Gasteiger partial charge >= 0.3 is 0 Å². The van der Waals surface area contributed by atoms with Gasteiger partial charge in [0.25, 0.3) is 0 Å². The molecule has 0 saturated heterocycles. The van der Waals surface area contributed by atoms with E-state index < -0.39 is 0 Å². The smallest absolute Gasteiger partial charge is 0.0406 e. The number of rotatable bonds is 3. The zero-order valence-corrected chi connectivity index (χ0v) is 13.4. The van der Waals surface area contributed by atoms with E-state index in [-0.39, 0.29) is 0 Å². The summed E-state index contributed by atoms with van der Waals surface area (Å²) in [4.78, 5) is 0. The molecule has 1 atom stereocenters. The minimum atomic E-state index is 0.476. The highest BCUT2D eigenvalue weighted by molar-refractivity contribution is 6.30. The summed E-state index contributed by atoms with van der Waals surface area (Å²) >= 11 is 5.95. The summed E-state index contributed by atoms with van der Waals surface area (Å²) in [5.41, 5.74) is 1.93. The van der Waals surface area contributed by atoms with E-state index in [1.54, 1.807) is 0 Å². The second-order valence-corrected chi connectivity index (χ2v) is 7.81. The Balaban J connectivity index is 1.52. The average molecular weight is 292 g/mol. The van der Waals surface area contributed by atoms with Crippen LogP contribution >= 0.6 is 11.6 Å². The van der Waals surface area contributed by atoms with E-state index in [1.807, 2.05) is 12.1 Å². The van der Waals surface area contributed by atoms with Crippen LogP contribution in [0.25, 0.3) is 0 Å². The number of hydrogen-bond donors (Lipinski definition) is 1. The van der Waals surface area contributed by atoms with E-state index in [1.165, 1.54) is 44.1 Å². The van der Waals surface area contributed by atoms with Gasteiger partial charge in [0.05, 0.1) is 0 Å². The van der Waals surface area contributed by atoms with Crippen molar-refractivity contribution in [3.05, 3.63) is 34.9 Å². The third-order valence-electron chi connectivity index (χ3n) is 5.42. The van der Waals surface area contributed by atoms with Gasteiger partial charge in [-0.25, -0.2) is 0 Å². The first kappa shape index (κ1) is 14.4. The summed E-state index contributed by atoms with van der Waals surface area (Å²) in [5.74, 6) is 0.733. The van der Waals surface area contributed by atoms with E-state index in [4.69, 9.17) is 11.6 Å². The number of hydrogen-bond acceptors (Lipinski definition) is 1. The van der Waals surface area contributed by atoms with Crippen LogP contribution in [0.5, 0.6) is 0 Å². The summed E-state index contributed by atoms with van der Waals surface area (Å²) < 4.78 is 0. The third-order valence-corrected chi connectivity index (χ3v) is 5.68. The molecule has 0 radical (unpaired) electrons. The molecule has 110 valence electrons. The lowest BCUT2D eigenvalue weighted by atomic mass is 9.70. The van der Waals surface area contributed by atoms with Gasteiger partial charge in [0.15, 0.2) is 0 Å². The van der Waals surface area contributed by atoms with Gasteiger partial charge in [-0.3, -0.25) is 0 Å². The Morgan fingerprint density at radius 2 is 1.80 bits per heavy atom. The van der Waals surface area contributed by atoms with Gasteiger partial charge in [-0.1, -0.05) is 50.4 Å². The van der Waals surface area contributed by atoms with E-state index in [9.17, 15) is 0 Å². The largest absolute Gasteiger partial charge is 0.311 e. The van der Waals surface area contributed by atoms with E-state index >= 15 is 0 Å². The second-order valence-electron chi connectivity index (χ2n) is 7.37. The van der Waals surface area contributed by atoms with Crippen molar-refractivity contribution >= 4 is 11.6 Å². The molecule has 0 bridgehead atoms. The van der Waals surface area contributed by atoms with Crippen molar-refractivity contribution in [3.63, 3.8) is 0 Å². The maximum atomic E-state index is 5.95. The van der Waals surface area contributed by atoms with Crippen molar-refractivity contribution in [2.75, 3.05) is 0 Å². The first-order valence-corrected chi connectivity index (χ1v) is 8.44. The predicted molar refractivity (Wildman–Crippen MR) is 86.4 cm³/mol. The molecule has 2 aliphatic carbocycles. The minimum absolute atomic E-state index is 0.476. The van der Waals surface area contributed by atoms with E-state index in [0.29, 0.717) is 11.5 Å². The Morgan fingerprint density at radius 3 is 2.45 bits per heavy atom. The first-order chi connectivity index (χ1) is 9.54. The SMILES string of the molecule is CC1(C)CCCCC1NC1CC(c2ccc(Cl)cc2)C1. The van der Waals surface area contributed by atoms with Gasteiger partial charge in [0, 0.05) is 17.1 Å². The lowest BCUT2D eigenvalue weighted by molar-refractivity contribution is 0.130. The molecule has 0 amide bonds. The monoisotopic (exact) mass is 291 g/mol. The van der Waals surface area contributed by atoms with Crippen LogP contribution in [0.4, 0.5) is 0 Å². The summed E-state index contributed by atoms with van der Waals surface area (Å²) in [7, 11) is 0. The normalized spacial score (nSPS) is 32.6. The summed E-state index contributed by atoms with van der Waals surface area (Å²) in [6, 6.07) is 9.84. The highest BCUT2D eigenvalue weighted by Crippen LogP contribution is 2.41. The van der Waals surface area contributed by atoms with Gasteiger partial charge in [-0.2, -0.15) is 0 Å². The lowest BCUT2D eigenvalue weighted by Crippen LogP contribution is -2.52. The molecule has 0 aromatic heterocycles. The standard InChI is InChI=1S/C18H26ClN/c1-18(2)10-4-3-5-17(18)20-16-11-14(12-16)13-6-8-15(19)9-7-13/h6-9,14,16-17,20H,3-5,10-12H2,1-2H3. The molecule has 1 unspecified atom stereocenters. The highest BCUT2D eigenvalue weighted by atomic mass is 35.5. The van der Waals surface area contributed by atoms with Crippen LogP contribution in [-0.2, 0) is 0 Å². The maximum Gasteiger partial charge on any atom is 0.0406 e. The molecule has 2 fully saturated rings. The molecule has 1 N–H and O–H groups in total. The van der Waals surface area contributed by atoms with Crippen molar-refractivity contribution in [1.29, 1.82) is 0 Å². The molecule has 2 saturated carbocycles. The molecule has 3 rings (SSSR count). The van der Waals surface area contributed by atoms with E-state index in [2.05, 4.69) is 31.3 Å².